The Morgan fingerprint density at radius 1 is 1.21 bits per heavy atom. The zero-order valence-corrected chi connectivity index (χ0v) is 11.1. The Bertz CT molecular complexity index is 508. The molecule has 4 nitrogen and oxygen atoms in total. The molecule has 0 spiro atoms. The van der Waals surface area contributed by atoms with E-state index in [4.69, 9.17) is 0 Å². The van der Waals surface area contributed by atoms with Crippen LogP contribution in [-0.4, -0.2) is 28.8 Å². The first kappa shape index (κ1) is 12.2. The van der Waals surface area contributed by atoms with Gasteiger partial charge in [0.1, 0.15) is 12.6 Å². The molecule has 1 heterocycles. The Labute approximate surface area is 112 Å². The first-order valence-electron chi connectivity index (χ1n) is 6.76. The Morgan fingerprint density at radius 3 is 2.47 bits per heavy atom. The van der Waals surface area contributed by atoms with Crippen LogP contribution in [0.2, 0.25) is 0 Å². The number of benzene rings is 1. The van der Waals surface area contributed by atoms with E-state index in [1.54, 1.807) is 4.90 Å². The van der Waals surface area contributed by atoms with Crippen LogP contribution < -0.4 is 5.32 Å². The normalized spacial score (nSPS) is 25.7. The quantitative estimate of drug-likeness (QED) is 0.876. The van der Waals surface area contributed by atoms with Gasteiger partial charge in [-0.15, -0.1) is 0 Å². The average molecular weight is 258 g/mol. The number of nitrogens with zero attached hydrogens (tertiary/aromatic N) is 1. The predicted octanol–water partition coefficient (Wildman–Crippen LogP) is 1.63. The summed E-state index contributed by atoms with van der Waals surface area (Å²) in [4.78, 5) is 26.3. The second-order valence-electron chi connectivity index (χ2n) is 5.69. The fourth-order valence-electron chi connectivity index (χ4n) is 2.93. The predicted molar refractivity (Wildman–Crippen MR) is 71.3 cm³/mol. The summed E-state index contributed by atoms with van der Waals surface area (Å²) in [6.45, 7) is 2.27. The largest absolute Gasteiger partial charge is 0.339 e. The lowest BCUT2D eigenvalue weighted by atomic mass is 9.76. The van der Waals surface area contributed by atoms with Gasteiger partial charge in [0.25, 0.3) is 5.91 Å². The zero-order valence-electron chi connectivity index (χ0n) is 11.1. The Hall–Kier alpha value is -1.84. The van der Waals surface area contributed by atoms with Gasteiger partial charge in [-0.05, 0) is 31.7 Å². The van der Waals surface area contributed by atoms with E-state index in [1.807, 2.05) is 30.3 Å². The van der Waals surface area contributed by atoms with Crippen LogP contribution in [0.3, 0.4) is 0 Å². The molecule has 1 unspecified atom stereocenters. The van der Waals surface area contributed by atoms with Crippen LogP contribution in [0.1, 0.15) is 37.8 Å². The highest BCUT2D eigenvalue weighted by Gasteiger charge is 2.46. The lowest BCUT2D eigenvalue weighted by Crippen LogP contribution is -2.63. The number of piperazine rings is 1. The van der Waals surface area contributed by atoms with Gasteiger partial charge in [-0.2, -0.15) is 0 Å². The summed E-state index contributed by atoms with van der Waals surface area (Å²) < 4.78 is 0. The first-order valence-corrected chi connectivity index (χ1v) is 6.76. The molecule has 100 valence electrons. The Kier molecular flexibility index (Phi) is 2.81. The van der Waals surface area contributed by atoms with Crippen LogP contribution in [0.15, 0.2) is 30.3 Å². The van der Waals surface area contributed by atoms with Gasteiger partial charge in [0.2, 0.25) is 5.91 Å². The summed E-state index contributed by atoms with van der Waals surface area (Å²) in [5.41, 5.74) is 0.732. The molecule has 1 atom stereocenters. The van der Waals surface area contributed by atoms with E-state index in [1.165, 1.54) is 0 Å². The van der Waals surface area contributed by atoms with E-state index in [0.717, 1.165) is 24.8 Å². The van der Waals surface area contributed by atoms with Crippen LogP contribution in [-0.2, 0) is 9.59 Å². The van der Waals surface area contributed by atoms with E-state index in [0.29, 0.717) is 0 Å². The van der Waals surface area contributed by atoms with Gasteiger partial charge in [0.15, 0.2) is 0 Å². The smallest absolute Gasteiger partial charge is 0.250 e. The minimum Gasteiger partial charge on any atom is -0.339 e. The highest BCUT2D eigenvalue weighted by atomic mass is 16.2. The molecular weight excluding hydrogens is 240 g/mol. The number of carbonyl (C=O) groups excluding carboxylic acids is 2. The minimum absolute atomic E-state index is 0.0213. The minimum atomic E-state index is -0.528. The fourth-order valence-corrected chi connectivity index (χ4v) is 2.93. The summed E-state index contributed by atoms with van der Waals surface area (Å²) >= 11 is 0. The third-order valence-corrected chi connectivity index (χ3v) is 4.34. The van der Waals surface area contributed by atoms with Crippen molar-refractivity contribution in [2.45, 2.75) is 37.8 Å². The summed E-state index contributed by atoms with van der Waals surface area (Å²) in [5.74, 6) is -0.0467. The van der Waals surface area contributed by atoms with Gasteiger partial charge in [0.05, 0.1) is 0 Å². The van der Waals surface area contributed by atoms with Crippen molar-refractivity contribution in [1.29, 1.82) is 0 Å². The summed E-state index contributed by atoms with van der Waals surface area (Å²) in [7, 11) is 0. The molecule has 0 radical (unpaired) electrons. The summed E-state index contributed by atoms with van der Waals surface area (Å²) in [5, 5.41) is 2.80. The Morgan fingerprint density at radius 2 is 1.89 bits per heavy atom. The number of nitrogens with one attached hydrogen (secondary N) is 1. The lowest BCUT2D eigenvalue weighted by molar-refractivity contribution is -0.154. The number of amides is 2. The SMILES string of the molecule is CC1(N2CC(=O)NC(c3ccccc3)C2=O)CCC1. The fraction of sp³-hybridized carbons (Fsp3) is 0.467. The van der Waals surface area contributed by atoms with Crippen LogP contribution in [0.5, 0.6) is 0 Å². The Balaban J connectivity index is 1.89. The molecule has 4 heteroatoms. The molecule has 2 fully saturated rings. The molecule has 1 aromatic rings. The standard InChI is InChI=1S/C15H18N2O2/c1-15(8-5-9-15)17-10-12(18)16-13(14(17)19)11-6-3-2-4-7-11/h2-4,6-7,13H,5,8-10H2,1H3,(H,16,18). The van der Waals surface area contributed by atoms with Crippen molar-refractivity contribution in [1.82, 2.24) is 10.2 Å². The van der Waals surface area contributed by atoms with Crippen LogP contribution >= 0.6 is 0 Å². The molecule has 0 aromatic heterocycles. The molecule has 0 bridgehead atoms. The third-order valence-electron chi connectivity index (χ3n) is 4.34. The zero-order chi connectivity index (χ0) is 13.5. The average Bonchev–Trinajstić information content (AvgIpc) is 2.39. The molecular formula is C15H18N2O2. The number of carbonyl (C=O) groups is 2. The number of hydrogen-bond acceptors (Lipinski definition) is 2. The maximum Gasteiger partial charge on any atom is 0.250 e. The van der Waals surface area contributed by atoms with Crippen molar-refractivity contribution in [2.24, 2.45) is 0 Å². The van der Waals surface area contributed by atoms with Crippen molar-refractivity contribution in [2.75, 3.05) is 6.54 Å². The van der Waals surface area contributed by atoms with Gasteiger partial charge in [-0.3, -0.25) is 9.59 Å². The maximum atomic E-state index is 12.6. The van der Waals surface area contributed by atoms with Crippen LogP contribution in [0.4, 0.5) is 0 Å². The van der Waals surface area contributed by atoms with Crippen molar-refractivity contribution in [3.05, 3.63) is 35.9 Å². The molecule has 1 saturated heterocycles. The maximum absolute atomic E-state index is 12.6. The van der Waals surface area contributed by atoms with E-state index in [9.17, 15) is 9.59 Å². The topological polar surface area (TPSA) is 49.4 Å². The number of rotatable bonds is 2. The molecule has 1 aromatic carbocycles. The van der Waals surface area contributed by atoms with E-state index in [-0.39, 0.29) is 23.9 Å². The third kappa shape index (κ3) is 2.01. The molecule has 3 rings (SSSR count). The van der Waals surface area contributed by atoms with Gasteiger partial charge in [0, 0.05) is 5.54 Å². The highest BCUT2D eigenvalue weighted by Crippen LogP contribution is 2.39. The molecule has 1 saturated carbocycles. The van der Waals surface area contributed by atoms with E-state index in [2.05, 4.69) is 12.2 Å². The van der Waals surface area contributed by atoms with Crippen LogP contribution in [0.25, 0.3) is 0 Å². The molecule has 2 aliphatic rings. The van der Waals surface area contributed by atoms with Gasteiger partial charge in [-0.1, -0.05) is 30.3 Å². The lowest BCUT2D eigenvalue weighted by Gasteiger charge is -2.50. The van der Waals surface area contributed by atoms with Gasteiger partial charge < -0.3 is 10.2 Å². The summed E-state index contributed by atoms with van der Waals surface area (Å²) in [6, 6.07) is 8.92. The molecule has 1 aliphatic carbocycles. The van der Waals surface area contributed by atoms with E-state index >= 15 is 0 Å². The van der Waals surface area contributed by atoms with Crippen molar-refractivity contribution >= 4 is 11.8 Å². The van der Waals surface area contributed by atoms with Crippen LogP contribution in [0, 0.1) is 0 Å². The van der Waals surface area contributed by atoms with Gasteiger partial charge in [-0.25, -0.2) is 0 Å². The molecule has 1 aliphatic heterocycles. The van der Waals surface area contributed by atoms with Crippen molar-refractivity contribution < 1.29 is 9.59 Å². The molecule has 1 N–H and O–H groups in total. The van der Waals surface area contributed by atoms with Crippen molar-refractivity contribution in [3.8, 4) is 0 Å². The second-order valence-corrected chi connectivity index (χ2v) is 5.69. The number of hydrogen-bond donors (Lipinski definition) is 1. The van der Waals surface area contributed by atoms with Gasteiger partial charge >= 0.3 is 0 Å². The highest BCUT2D eigenvalue weighted by molar-refractivity contribution is 5.96. The molecule has 19 heavy (non-hydrogen) atoms. The first-order chi connectivity index (χ1) is 9.10. The van der Waals surface area contributed by atoms with Crippen molar-refractivity contribution in [3.63, 3.8) is 0 Å². The second kappa shape index (κ2) is 4.37. The van der Waals surface area contributed by atoms with E-state index < -0.39 is 6.04 Å². The molecule has 2 amide bonds. The summed E-state index contributed by atoms with van der Waals surface area (Å²) in [6.07, 6.45) is 3.12. The monoisotopic (exact) mass is 258 g/mol.